The van der Waals surface area contributed by atoms with E-state index in [9.17, 15) is 0 Å². The van der Waals surface area contributed by atoms with Gasteiger partial charge in [-0.2, -0.15) is 0 Å². The van der Waals surface area contributed by atoms with Crippen LogP contribution in [0.15, 0.2) is 42.9 Å². The van der Waals surface area contributed by atoms with Crippen LogP contribution in [0.2, 0.25) is 0 Å². The van der Waals surface area contributed by atoms with E-state index in [1.807, 2.05) is 24.5 Å². The Morgan fingerprint density at radius 3 is 2.71 bits per heavy atom. The first-order valence-corrected chi connectivity index (χ1v) is 6.05. The first-order valence-electron chi connectivity index (χ1n) is 6.05. The predicted octanol–water partition coefficient (Wildman–Crippen LogP) is 1.04. The van der Waals surface area contributed by atoms with Crippen molar-refractivity contribution in [2.24, 2.45) is 5.73 Å². The number of nitrogens with one attached hydrogen (secondary N) is 1. The second kappa shape index (κ2) is 6.27. The summed E-state index contributed by atoms with van der Waals surface area (Å²) < 4.78 is 4.34. The molecule has 0 aliphatic carbocycles. The van der Waals surface area contributed by atoms with Gasteiger partial charge in [-0.3, -0.25) is 0 Å². The van der Waals surface area contributed by atoms with Crippen LogP contribution in [0.4, 0.5) is 0 Å². The smallest absolute Gasteiger partial charge is 0.0360 e. The molecule has 2 aromatic heterocycles. The van der Waals surface area contributed by atoms with Crippen molar-refractivity contribution in [2.45, 2.75) is 19.6 Å². The predicted molar refractivity (Wildman–Crippen MR) is 69.6 cm³/mol. The van der Waals surface area contributed by atoms with Gasteiger partial charge in [-0.05, 0) is 24.3 Å². The molecule has 3 rings (SSSR count). The summed E-state index contributed by atoms with van der Waals surface area (Å²) in [7, 11) is 0. The zero-order chi connectivity index (χ0) is 11.9. The van der Waals surface area contributed by atoms with E-state index in [1.54, 1.807) is 0 Å². The van der Waals surface area contributed by atoms with E-state index in [2.05, 4.69) is 32.8 Å². The molecule has 17 heavy (non-hydrogen) atoms. The van der Waals surface area contributed by atoms with Crippen LogP contribution in [-0.2, 0) is 19.6 Å². The molecule has 0 unspecified atom stereocenters. The number of rotatable bonds is 2. The van der Waals surface area contributed by atoms with Crippen LogP contribution < -0.4 is 11.1 Å². The van der Waals surface area contributed by atoms with Crippen molar-refractivity contribution >= 4 is 0 Å². The van der Waals surface area contributed by atoms with Crippen LogP contribution in [-0.4, -0.2) is 22.2 Å². The highest BCUT2D eigenvalue weighted by Gasteiger charge is 2.03. The van der Waals surface area contributed by atoms with E-state index in [-0.39, 0.29) is 0 Å². The second-order valence-electron chi connectivity index (χ2n) is 4.08. The van der Waals surface area contributed by atoms with Crippen molar-refractivity contribution in [3.8, 4) is 0 Å². The molecule has 0 radical (unpaired) electrons. The molecule has 0 saturated carbocycles. The molecule has 1 aliphatic heterocycles. The largest absolute Gasteiger partial charge is 0.353 e. The lowest BCUT2D eigenvalue weighted by atomic mass is 10.3. The Balaban J connectivity index is 0.000000128. The van der Waals surface area contributed by atoms with Gasteiger partial charge in [0.15, 0.2) is 0 Å². The average molecular weight is 232 g/mol. The maximum Gasteiger partial charge on any atom is 0.0360 e. The maximum absolute atomic E-state index is 5.30. The Bertz CT molecular complexity index is 396. The number of hydrogen-bond donors (Lipinski definition) is 2. The Hall–Kier alpha value is -1.52. The minimum Gasteiger partial charge on any atom is -0.353 e. The maximum atomic E-state index is 5.30. The van der Waals surface area contributed by atoms with Gasteiger partial charge in [-0.25, -0.2) is 0 Å². The summed E-state index contributed by atoms with van der Waals surface area (Å²) in [6.07, 6.45) is 6.15. The van der Waals surface area contributed by atoms with E-state index in [0.29, 0.717) is 6.54 Å². The first kappa shape index (κ1) is 12.0. The third-order valence-electron chi connectivity index (χ3n) is 2.81. The fourth-order valence-electron chi connectivity index (χ4n) is 1.91. The van der Waals surface area contributed by atoms with Gasteiger partial charge >= 0.3 is 0 Å². The molecule has 0 atom stereocenters. The monoisotopic (exact) mass is 232 g/mol. The van der Waals surface area contributed by atoms with Gasteiger partial charge in [0.2, 0.25) is 0 Å². The fraction of sp³-hybridized carbons (Fsp3) is 0.385. The highest BCUT2D eigenvalue weighted by atomic mass is 15.1. The highest BCUT2D eigenvalue weighted by Crippen LogP contribution is 2.04. The van der Waals surface area contributed by atoms with Gasteiger partial charge in [0.05, 0.1) is 0 Å². The average Bonchev–Trinajstić information content (AvgIpc) is 3.00. The second-order valence-corrected chi connectivity index (χ2v) is 4.08. The zero-order valence-electron chi connectivity index (χ0n) is 10.0. The molecular weight excluding hydrogens is 212 g/mol. The van der Waals surface area contributed by atoms with Crippen molar-refractivity contribution in [1.82, 2.24) is 14.5 Å². The van der Waals surface area contributed by atoms with Gasteiger partial charge in [-0.15, -0.1) is 0 Å². The van der Waals surface area contributed by atoms with E-state index >= 15 is 0 Å². The van der Waals surface area contributed by atoms with Gasteiger partial charge in [0.1, 0.15) is 0 Å². The normalized spacial score (nSPS) is 13.7. The number of nitrogens with zero attached hydrogens (tertiary/aromatic N) is 2. The summed E-state index contributed by atoms with van der Waals surface area (Å²) in [5.74, 6) is 0. The molecule has 0 saturated heterocycles. The number of hydrogen-bond acceptors (Lipinski definition) is 2. The molecule has 92 valence electrons. The Morgan fingerprint density at radius 1 is 1.18 bits per heavy atom. The molecule has 0 bridgehead atoms. The van der Waals surface area contributed by atoms with E-state index in [1.165, 1.54) is 5.69 Å². The van der Waals surface area contributed by atoms with Crippen LogP contribution in [0.3, 0.4) is 0 Å². The summed E-state index contributed by atoms with van der Waals surface area (Å²) in [6.45, 7) is 4.92. The SMILES string of the molecule is NCCn1cccc1.c1cc2n(c1)CCNC2. The lowest BCUT2D eigenvalue weighted by Crippen LogP contribution is -2.27. The van der Waals surface area contributed by atoms with Crippen molar-refractivity contribution < 1.29 is 0 Å². The highest BCUT2D eigenvalue weighted by molar-refractivity contribution is 5.08. The number of aromatic nitrogens is 2. The first-order chi connectivity index (χ1) is 8.40. The van der Waals surface area contributed by atoms with E-state index < -0.39 is 0 Å². The van der Waals surface area contributed by atoms with Gasteiger partial charge in [0.25, 0.3) is 0 Å². The molecule has 3 N–H and O–H groups in total. The zero-order valence-corrected chi connectivity index (χ0v) is 10.0. The standard InChI is InChI=1S/C7H10N2.C6H10N2/c1-2-7-6-8-3-5-9(7)4-1;7-3-6-8-4-1-2-5-8/h1-2,4,8H,3,5-6H2;1-2,4-5H,3,6-7H2. The third kappa shape index (κ3) is 3.47. The summed E-state index contributed by atoms with van der Waals surface area (Å²) in [4.78, 5) is 0. The van der Waals surface area contributed by atoms with Crippen LogP contribution in [0.5, 0.6) is 0 Å². The minimum atomic E-state index is 0.717. The van der Waals surface area contributed by atoms with Crippen molar-refractivity contribution in [3.05, 3.63) is 48.5 Å². The minimum absolute atomic E-state index is 0.717. The Morgan fingerprint density at radius 2 is 2.00 bits per heavy atom. The molecule has 1 aliphatic rings. The molecule has 0 fully saturated rings. The third-order valence-corrected chi connectivity index (χ3v) is 2.81. The van der Waals surface area contributed by atoms with Crippen molar-refractivity contribution in [1.29, 1.82) is 0 Å². The van der Waals surface area contributed by atoms with Crippen LogP contribution >= 0.6 is 0 Å². The summed E-state index contributed by atoms with van der Waals surface area (Å²) >= 11 is 0. The topological polar surface area (TPSA) is 47.9 Å². The molecule has 4 heteroatoms. The summed E-state index contributed by atoms with van der Waals surface area (Å²) in [5, 5.41) is 3.31. The molecule has 4 nitrogen and oxygen atoms in total. The molecule has 3 heterocycles. The van der Waals surface area contributed by atoms with Gasteiger partial charge in [0, 0.05) is 57.0 Å². The van der Waals surface area contributed by atoms with Crippen molar-refractivity contribution in [3.63, 3.8) is 0 Å². The van der Waals surface area contributed by atoms with Crippen LogP contribution in [0.1, 0.15) is 5.69 Å². The molecule has 0 amide bonds. The lowest BCUT2D eigenvalue weighted by molar-refractivity contribution is 0.517. The molecular formula is C13H20N4. The summed E-state index contributed by atoms with van der Waals surface area (Å²) in [6, 6.07) is 8.25. The quantitative estimate of drug-likeness (QED) is 0.812. The molecule has 0 aromatic carbocycles. The Kier molecular flexibility index (Phi) is 4.41. The van der Waals surface area contributed by atoms with Crippen LogP contribution in [0.25, 0.3) is 0 Å². The van der Waals surface area contributed by atoms with Crippen LogP contribution in [0, 0.1) is 0 Å². The summed E-state index contributed by atoms with van der Waals surface area (Å²) in [5.41, 5.74) is 6.70. The number of fused-ring (bicyclic) bond motifs is 1. The fourth-order valence-corrected chi connectivity index (χ4v) is 1.91. The van der Waals surface area contributed by atoms with E-state index in [0.717, 1.165) is 26.2 Å². The van der Waals surface area contributed by atoms with Gasteiger partial charge < -0.3 is 20.2 Å². The van der Waals surface area contributed by atoms with Crippen molar-refractivity contribution in [2.75, 3.05) is 13.1 Å². The molecule has 0 spiro atoms. The molecule has 2 aromatic rings. The van der Waals surface area contributed by atoms with Gasteiger partial charge in [-0.1, -0.05) is 0 Å². The lowest BCUT2D eigenvalue weighted by Gasteiger charge is -2.15. The van der Waals surface area contributed by atoms with E-state index in [4.69, 9.17) is 5.73 Å². The Labute approximate surface area is 102 Å². The number of nitrogens with two attached hydrogens (primary N) is 1.